The van der Waals surface area contributed by atoms with Gasteiger partial charge in [-0.15, -0.1) is 0 Å². The number of nitrogens with two attached hydrogens (primary N) is 7. The Morgan fingerprint density at radius 2 is 0.602 bits per heavy atom. The van der Waals surface area contributed by atoms with Crippen LogP contribution < -0.4 is 88.0 Å². The van der Waals surface area contributed by atoms with E-state index in [1.807, 2.05) is 69.2 Å². The van der Waals surface area contributed by atoms with Gasteiger partial charge in [0, 0.05) is 6.54 Å². The molecule has 1 aliphatic heterocycles. The Labute approximate surface area is 554 Å². The number of primary amides is 1. The van der Waals surface area contributed by atoms with E-state index in [4.69, 9.17) is 40.1 Å². The molecular formula is C65H125N17O11. The van der Waals surface area contributed by atoms with E-state index in [0.717, 1.165) is 0 Å². The van der Waals surface area contributed by atoms with Gasteiger partial charge < -0.3 is 92.9 Å². The summed E-state index contributed by atoms with van der Waals surface area (Å²) in [5.41, 5.74) is 40.8. The van der Waals surface area contributed by atoms with E-state index in [1.54, 1.807) is 0 Å². The Balaban J connectivity index is 3.59. The molecule has 28 nitrogen and oxygen atoms in total. The first-order valence-corrected chi connectivity index (χ1v) is 34.5. The summed E-state index contributed by atoms with van der Waals surface area (Å²) in [6.07, 6.45) is 7.68. The van der Waals surface area contributed by atoms with Gasteiger partial charge >= 0.3 is 0 Å². The number of amides is 11. The average molecular weight is 1320 g/mol. The van der Waals surface area contributed by atoms with Crippen LogP contribution in [0.3, 0.4) is 0 Å². The zero-order valence-corrected chi connectivity index (χ0v) is 58.0. The van der Waals surface area contributed by atoms with Crippen LogP contribution in [0.4, 0.5) is 0 Å². The lowest BCUT2D eigenvalue weighted by molar-refractivity contribution is -0.143. The number of carbonyl (C=O) groups is 11. The highest BCUT2D eigenvalue weighted by Gasteiger charge is 2.41. The first kappa shape index (κ1) is 84.9. The SMILES string of the molecule is CC(C)C[C@H](NC(=O)[C@H](CCCCN)NC(=O)[C@H](CC(C)C)NC(=O)[C@H](CCCCN)NC(=O)[C@H](CC(C)C)NC(=O)[C@@H]1CCCN1C(=O)[C@H](CCCCN)NC(=O)[C@H](CCCCN)NC(=O)[C@H](CC(C)C)NC(=O)[C@H](CC(C)C)NC(=O)[C@@H](N)CCCCN)C(N)=O. The molecule has 1 rings (SSSR count). The highest BCUT2D eigenvalue weighted by Crippen LogP contribution is 2.22. The quantitative estimate of drug-likeness (QED) is 0.0357. The monoisotopic (exact) mass is 1320 g/mol. The van der Waals surface area contributed by atoms with Crippen molar-refractivity contribution in [2.75, 3.05) is 39.3 Å². The molecule has 0 aliphatic carbocycles. The summed E-state index contributed by atoms with van der Waals surface area (Å²) in [4.78, 5) is 156. The molecule has 11 atom stereocenters. The normalized spacial score (nSPS) is 16.5. The second-order valence-corrected chi connectivity index (χ2v) is 27.3. The molecule has 0 unspecified atom stereocenters. The molecule has 536 valence electrons. The third-order valence-electron chi connectivity index (χ3n) is 16.2. The third kappa shape index (κ3) is 34.3. The van der Waals surface area contributed by atoms with E-state index in [9.17, 15) is 52.7 Å². The number of unbranched alkanes of at least 4 members (excludes halogenated alkanes) is 5. The molecule has 1 aliphatic rings. The lowest BCUT2D eigenvalue weighted by atomic mass is 9.99. The van der Waals surface area contributed by atoms with E-state index in [1.165, 1.54) is 4.90 Å². The van der Waals surface area contributed by atoms with Crippen molar-refractivity contribution < 1.29 is 52.7 Å². The predicted octanol–water partition coefficient (Wildman–Crippen LogP) is 0.0287. The lowest BCUT2D eigenvalue weighted by Gasteiger charge is -2.31. The summed E-state index contributed by atoms with van der Waals surface area (Å²) in [5.74, 6) is -7.37. The van der Waals surface area contributed by atoms with E-state index in [-0.39, 0.29) is 100 Å². The van der Waals surface area contributed by atoms with Crippen molar-refractivity contribution in [3.63, 3.8) is 0 Å². The molecule has 0 aromatic carbocycles. The van der Waals surface area contributed by atoms with Crippen LogP contribution in [0, 0.1) is 29.6 Å². The van der Waals surface area contributed by atoms with Crippen LogP contribution in [0.2, 0.25) is 0 Å². The molecule has 0 aromatic heterocycles. The standard InChI is InChI=1S/C65H125N17O11/c1-39(2)34-49(55(72)83)77-58(86)46(24-13-18-30-68)74-60(88)51(36-41(5)6)79-59(87)47(25-14-19-31-69)75-62(90)53(38-43(9)10)81-64(92)54-27-21-33-82(54)65(93)48(26-15-20-32-70)76-57(85)45(23-12-17-29-67)73-61(89)52(37-42(7)8)80-63(91)50(35-40(3)4)78-56(84)44(71)22-11-16-28-66/h39-54H,11-38,66-71H2,1-10H3,(H2,72,83)(H,73,89)(H,74,88)(H,75,90)(H,76,85)(H,77,86)(H,78,84)(H,79,87)(H,80,91)(H,81,92)/t44-,45-,46-,47-,48-,49-,50-,51-,52-,53-,54-/m0/s1. The third-order valence-corrected chi connectivity index (χ3v) is 16.2. The fourth-order valence-electron chi connectivity index (χ4n) is 11.2. The summed E-state index contributed by atoms with van der Waals surface area (Å²) in [7, 11) is 0. The van der Waals surface area contributed by atoms with Crippen molar-refractivity contribution in [1.29, 1.82) is 0 Å². The highest BCUT2D eigenvalue weighted by molar-refractivity contribution is 5.99. The molecule has 11 amide bonds. The highest BCUT2D eigenvalue weighted by atomic mass is 16.2. The number of rotatable bonds is 50. The topological polar surface area (TPSA) is 481 Å². The van der Waals surface area contributed by atoms with Gasteiger partial charge in [0.2, 0.25) is 65.0 Å². The van der Waals surface area contributed by atoms with Gasteiger partial charge in [0.05, 0.1) is 6.04 Å². The molecule has 0 radical (unpaired) electrons. The lowest BCUT2D eigenvalue weighted by Crippen LogP contribution is -2.60. The second kappa shape index (κ2) is 46.9. The Bertz CT molecular complexity index is 2290. The Morgan fingerprint density at radius 1 is 0.344 bits per heavy atom. The van der Waals surface area contributed by atoms with Gasteiger partial charge in [0.25, 0.3) is 0 Å². The average Bonchev–Trinajstić information content (AvgIpc) is 1.78. The summed E-state index contributed by atoms with van der Waals surface area (Å²) >= 11 is 0. The maximum Gasteiger partial charge on any atom is 0.245 e. The van der Waals surface area contributed by atoms with E-state index in [0.29, 0.717) is 110 Å². The van der Waals surface area contributed by atoms with E-state index < -0.39 is 131 Å². The summed E-state index contributed by atoms with van der Waals surface area (Å²) in [6.45, 7) is 20.6. The van der Waals surface area contributed by atoms with Crippen molar-refractivity contribution in [1.82, 2.24) is 52.8 Å². The molecule has 0 aromatic rings. The molecule has 0 saturated carbocycles. The zero-order valence-electron chi connectivity index (χ0n) is 58.0. The Kier molecular flexibility index (Phi) is 42.9. The fourth-order valence-corrected chi connectivity index (χ4v) is 11.2. The molecule has 1 fully saturated rings. The number of nitrogens with zero attached hydrogens (tertiary/aromatic N) is 1. The number of nitrogens with one attached hydrogen (secondary N) is 9. The number of likely N-dealkylation sites (tertiary alicyclic amines) is 1. The number of carbonyl (C=O) groups excluding carboxylic acids is 11. The van der Waals surface area contributed by atoms with Crippen molar-refractivity contribution in [2.24, 2.45) is 69.7 Å². The maximum atomic E-state index is 14.9. The molecular weight excluding hydrogens is 1190 g/mol. The molecule has 28 heteroatoms. The second-order valence-electron chi connectivity index (χ2n) is 27.3. The molecule has 93 heavy (non-hydrogen) atoms. The van der Waals surface area contributed by atoms with Crippen molar-refractivity contribution >= 4 is 65.0 Å². The molecule has 0 spiro atoms. The molecule has 0 bridgehead atoms. The van der Waals surface area contributed by atoms with Crippen LogP contribution in [0.1, 0.15) is 210 Å². The number of hydrogen-bond acceptors (Lipinski definition) is 17. The van der Waals surface area contributed by atoms with Crippen molar-refractivity contribution in [2.45, 2.75) is 277 Å². The first-order valence-electron chi connectivity index (χ1n) is 34.5. The van der Waals surface area contributed by atoms with Crippen LogP contribution in [0.15, 0.2) is 0 Å². The fraction of sp³-hybridized carbons (Fsp3) is 0.831. The van der Waals surface area contributed by atoms with Crippen LogP contribution in [-0.4, -0.2) is 176 Å². The summed E-state index contributed by atoms with van der Waals surface area (Å²) in [6, 6.07) is -12.1. The Hall–Kier alpha value is -6.07. The van der Waals surface area contributed by atoms with Gasteiger partial charge in [0.15, 0.2) is 0 Å². The zero-order chi connectivity index (χ0) is 70.3. The van der Waals surface area contributed by atoms with Gasteiger partial charge in [-0.05, 0) is 197 Å². The molecule has 1 saturated heterocycles. The van der Waals surface area contributed by atoms with Crippen LogP contribution >= 0.6 is 0 Å². The minimum absolute atomic E-state index is 0.0190. The molecule has 1 heterocycles. The largest absolute Gasteiger partial charge is 0.368 e. The van der Waals surface area contributed by atoms with Crippen molar-refractivity contribution in [3.8, 4) is 0 Å². The van der Waals surface area contributed by atoms with E-state index >= 15 is 0 Å². The van der Waals surface area contributed by atoms with Crippen LogP contribution in [0.25, 0.3) is 0 Å². The Morgan fingerprint density at radius 3 is 0.925 bits per heavy atom. The van der Waals surface area contributed by atoms with Gasteiger partial charge in [-0.3, -0.25) is 52.7 Å². The maximum absolute atomic E-state index is 14.9. The smallest absolute Gasteiger partial charge is 0.245 e. The minimum Gasteiger partial charge on any atom is -0.368 e. The predicted molar refractivity (Wildman–Crippen MR) is 361 cm³/mol. The van der Waals surface area contributed by atoms with Gasteiger partial charge in [0.1, 0.15) is 60.4 Å². The first-order chi connectivity index (χ1) is 43.9. The molecule has 23 N–H and O–H groups in total. The van der Waals surface area contributed by atoms with Gasteiger partial charge in [-0.2, -0.15) is 0 Å². The summed E-state index contributed by atoms with van der Waals surface area (Å²) in [5, 5.41) is 25.4. The number of hydrogen-bond donors (Lipinski definition) is 16. The van der Waals surface area contributed by atoms with E-state index in [2.05, 4.69) is 47.9 Å². The minimum atomic E-state index is -1.21. The van der Waals surface area contributed by atoms with Crippen LogP contribution in [-0.2, 0) is 52.7 Å². The van der Waals surface area contributed by atoms with Gasteiger partial charge in [-0.1, -0.05) is 75.7 Å². The summed E-state index contributed by atoms with van der Waals surface area (Å²) < 4.78 is 0. The van der Waals surface area contributed by atoms with Crippen LogP contribution in [0.5, 0.6) is 0 Å². The van der Waals surface area contributed by atoms with Gasteiger partial charge in [-0.25, -0.2) is 0 Å². The van der Waals surface area contributed by atoms with Crippen molar-refractivity contribution in [3.05, 3.63) is 0 Å².